The molecule has 0 spiro atoms. The van der Waals surface area contributed by atoms with Gasteiger partial charge < -0.3 is 5.32 Å². The predicted molar refractivity (Wildman–Crippen MR) is 84.4 cm³/mol. The monoisotopic (exact) mass is 263 g/mol. The molecule has 2 atom stereocenters. The Balaban J connectivity index is 2.78. The largest absolute Gasteiger partial charge is 0.309 e. The minimum absolute atomic E-state index is 0.422. The Labute approximate surface area is 116 Å². The molecule has 2 heteroatoms. The molecule has 0 saturated heterocycles. The van der Waals surface area contributed by atoms with Crippen LogP contribution in [0, 0.1) is 0 Å². The number of thioether (sulfide) groups is 1. The molecular formula is C16H25NS. The van der Waals surface area contributed by atoms with E-state index in [0.717, 1.165) is 18.7 Å². The molecule has 0 fully saturated rings. The summed E-state index contributed by atoms with van der Waals surface area (Å²) in [7, 11) is 0. The highest BCUT2D eigenvalue weighted by atomic mass is 32.2. The fourth-order valence-electron chi connectivity index (χ4n) is 2.05. The highest BCUT2D eigenvalue weighted by Crippen LogP contribution is 2.26. The Morgan fingerprint density at radius 2 is 1.94 bits per heavy atom. The van der Waals surface area contributed by atoms with Gasteiger partial charge in [0.25, 0.3) is 0 Å². The third kappa shape index (κ3) is 4.51. The molecule has 1 nitrogen and oxygen atoms in total. The maximum atomic E-state index is 3.79. The smallest absolute Gasteiger partial charge is 0.0437 e. The molecule has 2 unspecified atom stereocenters. The van der Waals surface area contributed by atoms with Gasteiger partial charge in [-0.1, -0.05) is 51.1 Å². The molecule has 0 bridgehead atoms. The number of benzene rings is 1. The zero-order valence-electron chi connectivity index (χ0n) is 11.8. The predicted octanol–water partition coefficient (Wildman–Crippen LogP) is 4.21. The fourth-order valence-corrected chi connectivity index (χ4v) is 2.94. The van der Waals surface area contributed by atoms with E-state index >= 15 is 0 Å². The third-order valence-corrected chi connectivity index (χ3v) is 4.34. The van der Waals surface area contributed by atoms with Crippen LogP contribution in [0.25, 0.3) is 0 Å². The molecule has 0 aromatic heterocycles. The topological polar surface area (TPSA) is 12.0 Å². The number of aryl methyl sites for hydroxylation is 1. The summed E-state index contributed by atoms with van der Waals surface area (Å²) in [6.45, 7) is 11.4. The van der Waals surface area contributed by atoms with Crippen molar-refractivity contribution in [2.45, 2.75) is 38.5 Å². The van der Waals surface area contributed by atoms with Gasteiger partial charge in [-0.25, -0.2) is 0 Å². The lowest BCUT2D eigenvalue weighted by Crippen LogP contribution is -2.28. The maximum absolute atomic E-state index is 3.79. The Morgan fingerprint density at radius 3 is 2.44 bits per heavy atom. The van der Waals surface area contributed by atoms with Gasteiger partial charge in [0.15, 0.2) is 0 Å². The highest BCUT2D eigenvalue weighted by molar-refractivity contribution is 8.00. The van der Waals surface area contributed by atoms with Crippen LogP contribution in [0.1, 0.15) is 37.9 Å². The molecule has 0 amide bonds. The number of nitrogens with one attached hydrogen (secondary N) is 1. The molecule has 0 radical (unpaired) electrons. The molecule has 0 aliphatic carbocycles. The van der Waals surface area contributed by atoms with E-state index in [9.17, 15) is 0 Å². The van der Waals surface area contributed by atoms with Crippen LogP contribution < -0.4 is 5.32 Å². The van der Waals surface area contributed by atoms with Crippen LogP contribution in [0.15, 0.2) is 36.9 Å². The molecule has 1 aromatic carbocycles. The molecule has 0 aliphatic rings. The Kier molecular flexibility index (Phi) is 7.14. The van der Waals surface area contributed by atoms with Crippen LogP contribution in [0.5, 0.6) is 0 Å². The zero-order chi connectivity index (χ0) is 13.4. The maximum Gasteiger partial charge on any atom is 0.0437 e. The average molecular weight is 263 g/mol. The van der Waals surface area contributed by atoms with Gasteiger partial charge in [0, 0.05) is 17.0 Å². The summed E-state index contributed by atoms with van der Waals surface area (Å²) in [5, 5.41) is 4.14. The van der Waals surface area contributed by atoms with Crippen molar-refractivity contribution in [1.82, 2.24) is 5.32 Å². The van der Waals surface area contributed by atoms with E-state index in [2.05, 4.69) is 56.9 Å². The summed E-state index contributed by atoms with van der Waals surface area (Å²) < 4.78 is 0. The van der Waals surface area contributed by atoms with Crippen molar-refractivity contribution < 1.29 is 0 Å². The van der Waals surface area contributed by atoms with Crippen LogP contribution >= 0.6 is 11.8 Å². The van der Waals surface area contributed by atoms with Crippen molar-refractivity contribution >= 4 is 11.8 Å². The van der Waals surface area contributed by atoms with Crippen molar-refractivity contribution in [3.8, 4) is 0 Å². The molecule has 0 aliphatic heterocycles. The van der Waals surface area contributed by atoms with E-state index in [0.29, 0.717) is 11.3 Å². The van der Waals surface area contributed by atoms with Gasteiger partial charge in [-0.05, 0) is 24.1 Å². The molecular weight excluding hydrogens is 238 g/mol. The molecule has 18 heavy (non-hydrogen) atoms. The molecule has 1 aromatic rings. The van der Waals surface area contributed by atoms with E-state index in [1.807, 2.05) is 17.8 Å². The second-order valence-electron chi connectivity index (χ2n) is 4.46. The SMILES string of the molecule is C=CCSC(C)C(NCC)c1ccc(CC)cc1. The summed E-state index contributed by atoms with van der Waals surface area (Å²) in [4.78, 5) is 0. The number of rotatable bonds is 8. The number of hydrogen-bond donors (Lipinski definition) is 1. The van der Waals surface area contributed by atoms with Gasteiger partial charge in [-0.15, -0.1) is 6.58 Å². The van der Waals surface area contributed by atoms with Crippen molar-refractivity contribution in [2.75, 3.05) is 12.3 Å². The van der Waals surface area contributed by atoms with Gasteiger partial charge in [0.2, 0.25) is 0 Å². The van der Waals surface area contributed by atoms with Gasteiger partial charge in [0.1, 0.15) is 0 Å². The van der Waals surface area contributed by atoms with Crippen LogP contribution in [0.3, 0.4) is 0 Å². The van der Waals surface area contributed by atoms with Crippen LogP contribution in [-0.2, 0) is 6.42 Å². The summed E-state index contributed by atoms with van der Waals surface area (Å²) in [6.07, 6.45) is 3.08. The first-order valence-electron chi connectivity index (χ1n) is 6.77. The molecule has 1 rings (SSSR count). The van der Waals surface area contributed by atoms with E-state index in [-0.39, 0.29) is 0 Å². The second kappa shape index (κ2) is 8.39. The lowest BCUT2D eigenvalue weighted by atomic mass is 10.0. The van der Waals surface area contributed by atoms with Gasteiger partial charge >= 0.3 is 0 Å². The fraction of sp³-hybridized carbons (Fsp3) is 0.500. The number of hydrogen-bond acceptors (Lipinski definition) is 2. The van der Waals surface area contributed by atoms with Gasteiger partial charge in [-0.2, -0.15) is 11.8 Å². The minimum atomic E-state index is 0.422. The summed E-state index contributed by atoms with van der Waals surface area (Å²) in [5.41, 5.74) is 2.79. The van der Waals surface area contributed by atoms with E-state index in [1.165, 1.54) is 11.1 Å². The lowest BCUT2D eigenvalue weighted by Gasteiger charge is -2.25. The average Bonchev–Trinajstić information content (AvgIpc) is 2.42. The molecule has 0 saturated carbocycles. The zero-order valence-corrected chi connectivity index (χ0v) is 12.6. The Hall–Kier alpha value is -0.730. The van der Waals surface area contributed by atoms with Gasteiger partial charge in [0.05, 0.1) is 0 Å². The summed E-state index contributed by atoms with van der Waals surface area (Å²) in [5.74, 6) is 1.01. The quantitative estimate of drug-likeness (QED) is 0.705. The molecule has 100 valence electrons. The summed E-state index contributed by atoms with van der Waals surface area (Å²) in [6, 6.07) is 9.43. The first-order chi connectivity index (χ1) is 8.72. The molecule has 1 N–H and O–H groups in total. The van der Waals surface area contributed by atoms with Crippen molar-refractivity contribution in [3.63, 3.8) is 0 Å². The van der Waals surface area contributed by atoms with Crippen LogP contribution in [0.2, 0.25) is 0 Å². The van der Waals surface area contributed by atoms with Crippen molar-refractivity contribution in [3.05, 3.63) is 48.0 Å². The second-order valence-corrected chi connectivity index (χ2v) is 5.87. The minimum Gasteiger partial charge on any atom is -0.309 e. The molecule has 0 heterocycles. The Morgan fingerprint density at radius 1 is 1.28 bits per heavy atom. The van der Waals surface area contributed by atoms with Crippen LogP contribution in [0.4, 0.5) is 0 Å². The third-order valence-electron chi connectivity index (χ3n) is 3.12. The van der Waals surface area contributed by atoms with Gasteiger partial charge in [-0.3, -0.25) is 0 Å². The lowest BCUT2D eigenvalue weighted by molar-refractivity contribution is 0.548. The Bertz CT molecular complexity index is 345. The first kappa shape index (κ1) is 15.3. The van der Waals surface area contributed by atoms with Crippen molar-refractivity contribution in [2.24, 2.45) is 0 Å². The van der Waals surface area contributed by atoms with Crippen molar-refractivity contribution in [1.29, 1.82) is 0 Å². The summed E-state index contributed by atoms with van der Waals surface area (Å²) >= 11 is 1.95. The van der Waals surface area contributed by atoms with E-state index in [4.69, 9.17) is 0 Å². The van der Waals surface area contributed by atoms with E-state index < -0.39 is 0 Å². The standard InChI is InChI=1S/C16H25NS/c1-5-12-18-13(4)16(17-7-3)15-10-8-14(6-2)9-11-15/h5,8-11,13,16-17H,1,6-7,12H2,2-4H3. The normalized spacial score (nSPS) is 14.2. The van der Waals surface area contributed by atoms with E-state index in [1.54, 1.807) is 0 Å². The first-order valence-corrected chi connectivity index (χ1v) is 7.82. The van der Waals surface area contributed by atoms with Crippen LogP contribution in [-0.4, -0.2) is 17.5 Å². The highest BCUT2D eigenvalue weighted by Gasteiger charge is 2.18.